The summed E-state index contributed by atoms with van der Waals surface area (Å²) in [5.74, 6) is -2.72. The van der Waals surface area contributed by atoms with Crippen LogP contribution in [0, 0.1) is 11.6 Å². The van der Waals surface area contributed by atoms with Crippen LogP contribution >= 0.6 is 15.9 Å². The summed E-state index contributed by atoms with van der Waals surface area (Å²) in [6.45, 7) is 0. The van der Waals surface area contributed by atoms with Crippen molar-refractivity contribution in [1.29, 1.82) is 0 Å². The highest BCUT2D eigenvalue weighted by molar-refractivity contribution is 9.08. The third-order valence-corrected chi connectivity index (χ3v) is 2.19. The second-order valence-corrected chi connectivity index (χ2v) is 2.93. The SMILES string of the molecule is Fc1ccc(CBr)c(C(F)F)c1F. The Kier molecular flexibility index (Phi) is 3.30. The Morgan fingerprint density at radius 2 is 1.85 bits per heavy atom. The van der Waals surface area contributed by atoms with Crippen LogP contribution in [0.15, 0.2) is 12.1 Å². The maximum Gasteiger partial charge on any atom is 0.267 e. The second-order valence-electron chi connectivity index (χ2n) is 2.37. The van der Waals surface area contributed by atoms with E-state index in [0.29, 0.717) is 0 Å². The average molecular weight is 257 g/mol. The lowest BCUT2D eigenvalue weighted by molar-refractivity contribution is 0.144. The zero-order chi connectivity index (χ0) is 10.0. The third-order valence-electron chi connectivity index (χ3n) is 1.59. The number of hydrogen-bond donors (Lipinski definition) is 0. The molecule has 13 heavy (non-hydrogen) atoms. The van der Waals surface area contributed by atoms with Crippen molar-refractivity contribution in [2.24, 2.45) is 0 Å². The smallest absolute Gasteiger partial charge is 0.205 e. The van der Waals surface area contributed by atoms with Gasteiger partial charge in [0, 0.05) is 5.33 Å². The van der Waals surface area contributed by atoms with E-state index >= 15 is 0 Å². The fourth-order valence-electron chi connectivity index (χ4n) is 0.959. The van der Waals surface area contributed by atoms with Crippen molar-refractivity contribution < 1.29 is 17.6 Å². The summed E-state index contributed by atoms with van der Waals surface area (Å²) in [4.78, 5) is 0. The first-order valence-electron chi connectivity index (χ1n) is 3.38. The number of halogens is 5. The number of hydrogen-bond acceptors (Lipinski definition) is 0. The molecule has 1 aromatic rings. The maximum absolute atomic E-state index is 12.8. The largest absolute Gasteiger partial charge is 0.267 e. The van der Waals surface area contributed by atoms with Gasteiger partial charge in [-0.25, -0.2) is 17.6 Å². The van der Waals surface area contributed by atoms with Gasteiger partial charge < -0.3 is 0 Å². The Morgan fingerprint density at radius 1 is 1.23 bits per heavy atom. The molecule has 0 saturated heterocycles. The van der Waals surface area contributed by atoms with E-state index in [1.165, 1.54) is 0 Å². The Hall–Kier alpha value is -0.580. The van der Waals surface area contributed by atoms with Crippen molar-refractivity contribution in [3.05, 3.63) is 34.9 Å². The molecule has 0 aliphatic heterocycles. The molecule has 0 aliphatic carbocycles. The Morgan fingerprint density at radius 3 is 2.31 bits per heavy atom. The highest BCUT2D eigenvalue weighted by Crippen LogP contribution is 2.28. The molecule has 72 valence electrons. The molecule has 0 aromatic heterocycles. The molecule has 1 aromatic carbocycles. The standard InChI is InChI=1S/C8H5BrF4/c9-3-4-1-2-5(10)7(11)6(4)8(12)13/h1-2,8H,3H2. The van der Waals surface area contributed by atoms with Gasteiger partial charge in [0.15, 0.2) is 11.6 Å². The summed E-state index contributed by atoms with van der Waals surface area (Å²) in [5, 5.41) is 0.0733. The molecular formula is C8H5BrF4. The topological polar surface area (TPSA) is 0 Å². The normalized spacial score (nSPS) is 10.9. The lowest BCUT2D eigenvalue weighted by atomic mass is 10.1. The Balaban J connectivity index is 3.32. The zero-order valence-electron chi connectivity index (χ0n) is 6.33. The molecule has 0 atom stereocenters. The van der Waals surface area contributed by atoms with Crippen LogP contribution in [0.3, 0.4) is 0 Å². The first-order valence-corrected chi connectivity index (χ1v) is 4.51. The van der Waals surface area contributed by atoms with E-state index in [0.717, 1.165) is 12.1 Å². The highest BCUT2D eigenvalue weighted by Gasteiger charge is 2.20. The fraction of sp³-hybridized carbons (Fsp3) is 0.250. The minimum atomic E-state index is -3.00. The van der Waals surface area contributed by atoms with E-state index < -0.39 is 23.6 Å². The minimum absolute atomic E-state index is 0.0638. The predicted octanol–water partition coefficient (Wildman–Crippen LogP) is 3.80. The minimum Gasteiger partial charge on any atom is -0.205 e. The van der Waals surface area contributed by atoms with Crippen molar-refractivity contribution in [3.8, 4) is 0 Å². The molecule has 0 unspecified atom stereocenters. The van der Waals surface area contributed by atoms with Crippen LogP contribution in [0.1, 0.15) is 17.6 Å². The molecule has 5 heteroatoms. The Bertz CT molecular complexity index is 311. The van der Waals surface area contributed by atoms with Crippen molar-refractivity contribution >= 4 is 15.9 Å². The van der Waals surface area contributed by atoms with E-state index in [1.807, 2.05) is 0 Å². The molecule has 0 radical (unpaired) electrons. The molecule has 0 fully saturated rings. The van der Waals surface area contributed by atoms with E-state index in [-0.39, 0.29) is 10.9 Å². The van der Waals surface area contributed by atoms with Gasteiger partial charge in [0.25, 0.3) is 6.43 Å². The summed E-state index contributed by atoms with van der Waals surface area (Å²) in [6.07, 6.45) is -3.00. The van der Waals surface area contributed by atoms with Crippen LogP contribution in [0.2, 0.25) is 0 Å². The van der Waals surface area contributed by atoms with Gasteiger partial charge in [0.1, 0.15) is 0 Å². The van der Waals surface area contributed by atoms with Crippen LogP contribution in [0.25, 0.3) is 0 Å². The van der Waals surface area contributed by atoms with Gasteiger partial charge in [-0.15, -0.1) is 0 Å². The molecule has 0 bridgehead atoms. The van der Waals surface area contributed by atoms with Crippen LogP contribution in [-0.4, -0.2) is 0 Å². The number of alkyl halides is 3. The molecule has 0 saturated carbocycles. The van der Waals surface area contributed by atoms with Crippen LogP contribution in [0.4, 0.5) is 17.6 Å². The summed E-state index contributed by atoms with van der Waals surface area (Å²) in [5.41, 5.74) is -0.800. The van der Waals surface area contributed by atoms with Crippen molar-refractivity contribution in [2.75, 3.05) is 0 Å². The third kappa shape index (κ3) is 2.02. The quantitative estimate of drug-likeness (QED) is 0.558. The molecule has 0 nitrogen and oxygen atoms in total. The second kappa shape index (κ2) is 4.09. The first kappa shape index (κ1) is 10.5. The van der Waals surface area contributed by atoms with Gasteiger partial charge in [-0.2, -0.15) is 0 Å². The molecule has 0 amide bonds. The van der Waals surface area contributed by atoms with Crippen LogP contribution in [0.5, 0.6) is 0 Å². The van der Waals surface area contributed by atoms with E-state index in [1.54, 1.807) is 0 Å². The van der Waals surface area contributed by atoms with E-state index in [2.05, 4.69) is 15.9 Å². The van der Waals surface area contributed by atoms with Gasteiger partial charge in [-0.05, 0) is 11.6 Å². The highest BCUT2D eigenvalue weighted by atomic mass is 79.9. The summed E-state index contributed by atoms with van der Waals surface area (Å²) in [6, 6.07) is 1.96. The molecular weight excluding hydrogens is 252 g/mol. The monoisotopic (exact) mass is 256 g/mol. The van der Waals surface area contributed by atoms with Crippen molar-refractivity contribution in [1.82, 2.24) is 0 Å². The number of benzene rings is 1. The summed E-state index contributed by atoms with van der Waals surface area (Å²) in [7, 11) is 0. The van der Waals surface area contributed by atoms with E-state index in [9.17, 15) is 17.6 Å². The van der Waals surface area contributed by atoms with E-state index in [4.69, 9.17) is 0 Å². The Labute approximate surface area is 80.7 Å². The van der Waals surface area contributed by atoms with Gasteiger partial charge in [-0.3, -0.25) is 0 Å². The zero-order valence-corrected chi connectivity index (χ0v) is 7.91. The lowest BCUT2D eigenvalue weighted by Gasteiger charge is -2.07. The average Bonchev–Trinajstić information content (AvgIpc) is 2.08. The first-order chi connectivity index (χ1) is 6.07. The van der Waals surface area contributed by atoms with Crippen LogP contribution < -0.4 is 0 Å². The van der Waals surface area contributed by atoms with Crippen molar-refractivity contribution in [2.45, 2.75) is 11.8 Å². The maximum atomic E-state index is 12.8. The number of rotatable bonds is 2. The van der Waals surface area contributed by atoms with Gasteiger partial charge in [-0.1, -0.05) is 22.0 Å². The molecule has 1 rings (SSSR count). The van der Waals surface area contributed by atoms with Gasteiger partial charge >= 0.3 is 0 Å². The van der Waals surface area contributed by atoms with Gasteiger partial charge in [0.2, 0.25) is 0 Å². The summed E-state index contributed by atoms with van der Waals surface area (Å²) < 4.78 is 49.8. The molecule has 0 N–H and O–H groups in total. The van der Waals surface area contributed by atoms with Gasteiger partial charge in [0.05, 0.1) is 5.56 Å². The van der Waals surface area contributed by atoms with Crippen LogP contribution in [-0.2, 0) is 5.33 Å². The predicted molar refractivity (Wildman–Crippen MR) is 43.9 cm³/mol. The fourth-order valence-corrected chi connectivity index (χ4v) is 1.45. The van der Waals surface area contributed by atoms with Crippen molar-refractivity contribution in [3.63, 3.8) is 0 Å². The molecule has 0 aliphatic rings. The summed E-state index contributed by atoms with van der Waals surface area (Å²) >= 11 is 2.91. The molecule has 0 heterocycles. The lowest BCUT2D eigenvalue weighted by Crippen LogP contribution is -1.99. The molecule has 0 spiro atoms.